The molecule has 0 saturated carbocycles. The van der Waals surface area contributed by atoms with Gasteiger partial charge >= 0.3 is 10.1 Å². The van der Waals surface area contributed by atoms with Crippen molar-refractivity contribution in [1.82, 2.24) is 0 Å². The van der Waals surface area contributed by atoms with Crippen LogP contribution in [0.3, 0.4) is 0 Å². The SMILES string of the molecule is CCCc1ccc(OS(=O)(=O)c2ccc(C)cc2)c(O)c1. The van der Waals surface area contributed by atoms with Gasteiger partial charge in [-0.25, -0.2) is 0 Å². The number of phenols is 1. The molecule has 2 aromatic rings. The van der Waals surface area contributed by atoms with Crippen molar-refractivity contribution < 1.29 is 17.7 Å². The monoisotopic (exact) mass is 306 g/mol. The third-order valence-electron chi connectivity index (χ3n) is 3.07. The molecule has 0 atom stereocenters. The van der Waals surface area contributed by atoms with Crippen LogP contribution in [-0.4, -0.2) is 13.5 Å². The lowest BCUT2D eigenvalue weighted by molar-refractivity contribution is 0.427. The highest BCUT2D eigenvalue weighted by Crippen LogP contribution is 2.30. The Kier molecular flexibility index (Phi) is 4.53. The third-order valence-corrected chi connectivity index (χ3v) is 4.32. The quantitative estimate of drug-likeness (QED) is 0.860. The van der Waals surface area contributed by atoms with Gasteiger partial charge in [-0.05, 0) is 43.2 Å². The van der Waals surface area contributed by atoms with Crippen LogP contribution in [-0.2, 0) is 16.5 Å². The van der Waals surface area contributed by atoms with Crippen molar-refractivity contribution in [3.05, 3.63) is 53.6 Å². The number of phenolic OH excluding ortho intramolecular Hbond substituents is 1. The van der Waals surface area contributed by atoms with Crippen LogP contribution in [0.5, 0.6) is 11.5 Å². The molecular formula is C16H18O4S. The van der Waals surface area contributed by atoms with Crippen LogP contribution < -0.4 is 4.18 Å². The maximum absolute atomic E-state index is 12.1. The molecule has 0 aromatic heterocycles. The molecule has 21 heavy (non-hydrogen) atoms. The zero-order valence-electron chi connectivity index (χ0n) is 12.0. The number of aromatic hydroxyl groups is 1. The smallest absolute Gasteiger partial charge is 0.339 e. The van der Waals surface area contributed by atoms with E-state index in [9.17, 15) is 13.5 Å². The van der Waals surface area contributed by atoms with Crippen LogP contribution in [0.2, 0.25) is 0 Å². The number of hydrogen-bond acceptors (Lipinski definition) is 4. The molecule has 0 aliphatic heterocycles. The highest BCUT2D eigenvalue weighted by Gasteiger charge is 2.18. The van der Waals surface area contributed by atoms with Crippen molar-refractivity contribution in [3.8, 4) is 11.5 Å². The molecule has 0 saturated heterocycles. The van der Waals surface area contributed by atoms with Crippen molar-refractivity contribution >= 4 is 10.1 Å². The van der Waals surface area contributed by atoms with Crippen molar-refractivity contribution in [2.75, 3.05) is 0 Å². The molecule has 0 aliphatic rings. The topological polar surface area (TPSA) is 63.6 Å². The van der Waals surface area contributed by atoms with Crippen LogP contribution in [0.15, 0.2) is 47.4 Å². The fourth-order valence-corrected chi connectivity index (χ4v) is 2.89. The molecule has 0 spiro atoms. The van der Waals surface area contributed by atoms with Crippen molar-refractivity contribution in [3.63, 3.8) is 0 Å². The first kappa shape index (κ1) is 15.4. The molecular weight excluding hydrogens is 288 g/mol. The van der Waals surface area contributed by atoms with Crippen molar-refractivity contribution in [2.24, 2.45) is 0 Å². The molecule has 0 aliphatic carbocycles. The van der Waals surface area contributed by atoms with Crippen LogP contribution in [0.4, 0.5) is 0 Å². The lowest BCUT2D eigenvalue weighted by Gasteiger charge is -2.10. The fourth-order valence-electron chi connectivity index (χ4n) is 1.95. The summed E-state index contributed by atoms with van der Waals surface area (Å²) >= 11 is 0. The average molecular weight is 306 g/mol. The number of benzene rings is 2. The summed E-state index contributed by atoms with van der Waals surface area (Å²) in [5.41, 5.74) is 1.90. The molecule has 4 nitrogen and oxygen atoms in total. The molecule has 0 radical (unpaired) electrons. The Morgan fingerprint density at radius 2 is 1.76 bits per heavy atom. The lowest BCUT2D eigenvalue weighted by atomic mass is 10.1. The predicted octanol–water partition coefficient (Wildman–Crippen LogP) is 3.42. The molecule has 0 bridgehead atoms. The second kappa shape index (κ2) is 6.18. The highest BCUT2D eigenvalue weighted by atomic mass is 32.2. The standard InChI is InChI=1S/C16H18O4S/c1-3-4-13-7-10-16(15(17)11-13)20-21(18,19)14-8-5-12(2)6-9-14/h5-11,17H,3-4H2,1-2H3. The van der Waals surface area contributed by atoms with Gasteiger partial charge in [-0.2, -0.15) is 8.42 Å². The van der Waals surface area contributed by atoms with E-state index >= 15 is 0 Å². The Hall–Kier alpha value is -2.01. The van der Waals surface area contributed by atoms with E-state index in [0.29, 0.717) is 0 Å². The summed E-state index contributed by atoms with van der Waals surface area (Å²) in [6.07, 6.45) is 1.76. The minimum Gasteiger partial charge on any atom is -0.504 e. The Morgan fingerprint density at radius 1 is 1.10 bits per heavy atom. The Bertz CT molecular complexity index is 718. The largest absolute Gasteiger partial charge is 0.504 e. The molecule has 0 fully saturated rings. The van der Waals surface area contributed by atoms with Gasteiger partial charge in [0.25, 0.3) is 0 Å². The van der Waals surface area contributed by atoms with Gasteiger partial charge in [0.2, 0.25) is 0 Å². The molecule has 112 valence electrons. The van der Waals surface area contributed by atoms with E-state index in [2.05, 4.69) is 0 Å². The second-order valence-electron chi connectivity index (χ2n) is 4.90. The van der Waals surface area contributed by atoms with E-state index in [1.54, 1.807) is 18.2 Å². The van der Waals surface area contributed by atoms with Gasteiger partial charge in [0.15, 0.2) is 11.5 Å². The molecule has 0 unspecified atom stereocenters. The minimum atomic E-state index is -3.94. The number of aryl methyl sites for hydroxylation is 2. The first-order valence-electron chi connectivity index (χ1n) is 6.75. The zero-order valence-corrected chi connectivity index (χ0v) is 12.9. The van der Waals surface area contributed by atoms with E-state index in [1.165, 1.54) is 24.3 Å². The molecule has 0 heterocycles. The average Bonchev–Trinajstić information content (AvgIpc) is 2.42. The highest BCUT2D eigenvalue weighted by molar-refractivity contribution is 7.87. The fraction of sp³-hybridized carbons (Fsp3) is 0.250. The van der Waals surface area contributed by atoms with Crippen LogP contribution in [0, 0.1) is 6.92 Å². The summed E-state index contributed by atoms with van der Waals surface area (Å²) in [5.74, 6) is -0.230. The number of rotatable bonds is 5. The minimum absolute atomic E-state index is 0.0598. The third kappa shape index (κ3) is 3.76. The van der Waals surface area contributed by atoms with Crippen LogP contribution >= 0.6 is 0 Å². The Balaban J connectivity index is 2.26. The first-order valence-corrected chi connectivity index (χ1v) is 8.16. The van der Waals surface area contributed by atoms with Gasteiger partial charge in [0.05, 0.1) is 0 Å². The van der Waals surface area contributed by atoms with E-state index in [-0.39, 0.29) is 16.4 Å². The van der Waals surface area contributed by atoms with Crippen molar-refractivity contribution in [2.45, 2.75) is 31.6 Å². The van der Waals surface area contributed by atoms with Gasteiger partial charge in [-0.1, -0.05) is 37.1 Å². The summed E-state index contributed by atoms with van der Waals surface area (Å²) in [6, 6.07) is 11.1. The van der Waals surface area contributed by atoms with E-state index < -0.39 is 10.1 Å². The van der Waals surface area contributed by atoms with Gasteiger partial charge in [-0.15, -0.1) is 0 Å². The van der Waals surface area contributed by atoms with Crippen molar-refractivity contribution in [1.29, 1.82) is 0 Å². The van der Waals surface area contributed by atoms with Crippen LogP contribution in [0.1, 0.15) is 24.5 Å². The second-order valence-corrected chi connectivity index (χ2v) is 6.45. The Labute approximate surface area is 125 Å². The van der Waals surface area contributed by atoms with E-state index in [1.807, 2.05) is 13.8 Å². The summed E-state index contributed by atoms with van der Waals surface area (Å²) in [4.78, 5) is 0.0603. The summed E-state index contributed by atoms with van der Waals surface area (Å²) in [5, 5.41) is 9.88. The van der Waals surface area contributed by atoms with Gasteiger partial charge in [0.1, 0.15) is 4.90 Å². The lowest BCUT2D eigenvalue weighted by Crippen LogP contribution is -2.09. The summed E-state index contributed by atoms with van der Waals surface area (Å²) in [7, 11) is -3.94. The van der Waals surface area contributed by atoms with Gasteiger partial charge in [-0.3, -0.25) is 0 Å². The molecule has 2 aromatic carbocycles. The molecule has 5 heteroatoms. The molecule has 0 amide bonds. The normalized spacial score (nSPS) is 11.3. The van der Waals surface area contributed by atoms with Crippen LogP contribution in [0.25, 0.3) is 0 Å². The van der Waals surface area contributed by atoms with E-state index in [4.69, 9.17) is 4.18 Å². The summed E-state index contributed by atoms with van der Waals surface area (Å²) < 4.78 is 29.3. The molecule has 2 rings (SSSR count). The van der Waals surface area contributed by atoms with E-state index in [0.717, 1.165) is 24.0 Å². The summed E-state index contributed by atoms with van der Waals surface area (Å²) in [6.45, 7) is 3.90. The first-order chi connectivity index (χ1) is 9.92. The Morgan fingerprint density at radius 3 is 2.33 bits per heavy atom. The maximum atomic E-state index is 12.1. The number of hydrogen-bond donors (Lipinski definition) is 1. The van der Waals surface area contributed by atoms with Gasteiger partial charge in [0, 0.05) is 0 Å². The maximum Gasteiger partial charge on any atom is 0.339 e. The zero-order chi connectivity index (χ0) is 15.5. The predicted molar refractivity (Wildman–Crippen MR) is 81.1 cm³/mol. The molecule has 1 N–H and O–H groups in total. The van der Waals surface area contributed by atoms with Gasteiger partial charge < -0.3 is 9.29 Å².